The van der Waals surface area contributed by atoms with Crippen LogP contribution in [0.5, 0.6) is 0 Å². The monoisotopic (exact) mass is 444 g/mol. The van der Waals surface area contributed by atoms with Gasteiger partial charge in [-0.15, -0.1) is 17.5 Å². The highest BCUT2D eigenvalue weighted by Crippen LogP contribution is 2.28. The standard InChI is InChI=1S/C19H14N6O4.ClH.H2O/c26-24(27)17-10-6-15(7-11-17)22-20-19(14-4-2-1-3-5-14)21-23(22)16-8-12-18(13-9-16)25(28)29;;/h1-13H,(H,20,21);1H;1H2. The maximum Gasteiger partial charge on any atom is 0.269 e. The van der Waals surface area contributed by atoms with Gasteiger partial charge in [0.15, 0.2) is 5.84 Å². The van der Waals surface area contributed by atoms with E-state index in [1.807, 2.05) is 30.3 Å². The lowest BCUT2D eigenvalue weighted by atomic mass is 10.2. The topological polar surface area (TPSA) is 149 Å². The van der Waals surface area contributed by atoms with E-state index in [1.165, 1.54) is 29.4 Å². The summed E-state index contributed by atoms with van der Waals surface area (Å²) in [7, 11) is 0. The van der Waals surface area contributed by atoms with Gasteiger partial charge in [0.1, 0.15) is 0 Å². The SMILES string of the molecule is Cl.O.O=[N+]([O-])c1ccc(N2N=C(c3ccccc3)NN2c2ccc([N+](=O)[O-])cc2)cc1. The molecule has 12 heteroatoms. The average molecular weight is 445 g/mol. The zero-order chi connectivity index (χ0) is 20.4. The Labute approximate surface area is 182 Å². The molecule has 0 spiro atoms. The van der Waals surface area contributed by atoms with Crippen LogP contribution >= 0.6 is 12.4 Å². The number of halogens is 1. The third kappa shape index (κ3) is 4.69. The highest BCUT2D eigenvalue weighted by Gasteiger charge is 2.27. The summed E-state index contributed by atoms with van der Waals surface area (Å²) in [5, 5.41) is 29.6. The van der Waals surface area contributed by atoms with E-state index in [2.05, 4.69) is 10.5 Å². The van der Waals surface area contributed by atoms with Crippen LogP contribution < -0.4 is 15.7 Å². The van der Waals surface area contributed by atoms with E-state index in [0.717, 1.165) is 5.56 Å². The first-order chi connectivity index (χ1) is 14.0. The molecular formula is C19H17ClN6O5. The van der Waals surface area contributed by atoms with E-state index in [1.54, 1.807) is 29.4 Å². The fourth-order valence-corrected chi connectivity index (χ4v) is 2.80. The molecular weight excluding hydrogens is 428 g/mol. The first kappa shape index (κ1) is 23.1. The van der Waals surface area contributed by atoms with E-state index >= 15 is 0 Å². The molecule has 160 valence electrons. The molecule has 0 saturated carbocycles. The van der Waals surface area contributed by atoms with Gasteiger partial charge in [0.05, 0.1) is 21.2 Å². The minimum atomic E-state index is -0.473. The molecule has 3 aromatic carbocycles. The lowest BCUT2D eigenvalue weighted by Gasteiger charge is -2.27. The van der Waals surface area contributed by atoms with Crippen molar-refractivity contribution in [3.63, 3.8) is 0 Å². The second-order valence-corrected chi connectivity index (χ2v) is 6.07. The van der Waals surface area contributed by atoms with Crippen molar-refractivity contribution in [2.75, 3.05) is 10.2 Å². The van der Waals surface area contributed by atoms with Crippen molar-refractivity contribution >= 4 is 41.0 Å². The highest BCUT2D eigenvalue weighted by atomic mass is 35.5. The maximum atomic E-state index is 10.9. The number of nitrogens with zero attached hydrogens (tertiary/aromatic N) is 5. The second-order valence-electron chi connectivity index (χ2n) is 6.07. The number of non-ortho nitro benzene ring substituents is 2. The second kappa shape index (κ2) is 9.52. The molecule has 1 aliphatic rings. The van der Waals surface area contributed by atoms with Crippen molar-refractivity contribution in [1.29, 1.82) is 0 Å². The summed E-state index contributed by atoms with van der Waals surface area (Å²) in [5.41, 5.74) is 5.12. The van der Waals surface area contributed by atoms with E-state index in [-0.39, 0.29) is 29.3 Å². The summed E-state index contributed by atoms with van der Waals surface area (Å²) in [4.78, 5) is 20.9. The predicted octanol–water partition coefficient (Wildman–Crippen LogP) is 3.21. The van der Waals surface area contributed by atoms with Crippen LogP contribution in [0.2, 0.25) is 0 Å². The summed E-state index contributed by atoms with van der Waals surface area (Å²) in [6, 6.07) is 21.3. The van der Waals surface area contributed by atoms with Crippen LogP contribution in [0.15, 0.2) is 84.0 Å². The Kier molecular flexibility index (Phi) is 7.08. The largest absolute Gasteiger partial charge is 0.412 e. The van der Waals surface area contributed by atoms with Gasteiger partial charge in [-0.25, -0.2) is 0 Å². The number of hydrazone groups is 1. The van der Waals surface area contributed by atoms with Gasteiger partial charge in [-0.05, 0) is 24.3 Å². The van der Waals surface area contributed by atoms with Crippen LogP contribution in [-0.4, -0.2) is 21.2 Å². The van der Waals surface area contributed by atoms with E-state index in [4.69, 9.17) is 0 Å². The van der Waals surface area contributed by atoms with E-state index in [9.17, 15) is 20.2 Å². The molecule has 0 unspecified atom stereocenters. The highest BCUT2D eigenvalue weighted by molar-refractivity contribution is 6.02. The summed E-state index contributed by atoms with van der Waals surface area (Å²) >= 11 is 0. The Morgan fingerprint density at radius 1 is 0.742 bits per heavy atom. The summed E-state index contributed by atoms with van der Waals surface area (Å²) in [6.45, 7) is 0. The van der Waals surface area contributed by atoms with Gasteiger partial charge in [-0.1, -0.05) is 30.3 Å². The summed E-state index contributed by atoms with van der Waals surface area (Å²) < 4.78 is 0. The number of nitrogens with one attached hydrogen (secondary N) is 1. The van der Waals surface area contributed by atoms with Crippen molar-refractivity contribution < 1.29 is 15.3 Å². The lowest BCUT2D eigenvalue weighted by Crippen LogP contribution is -2.44. The number of benzene rings is 3. The fraction of sp³-hybridized carbons (Fsp3) is 0. The van der Waals surface area contributed by atoms with Gasteiger partial charge in [-0.3, -0.25) is 25.7 Å². The van der Waals surface area contributed by atoms with Gasteiger partial charge in [0.25, 0.3) is 11.4 Å². The van der Waals surface area contributed by atoms with Crippen LogP contribution in [0.3, 0.4) is 0 Å². The molecule has 1 aliphatic heterocycles. The number of nitro groups is 2. The number of hydrazine groups is 2. The molecule has 0 aliphatic carbocycles. The molecule has 0 atom stereocenters. The minimum absolute atomic E-state index is 0. The molecule has 1 heterocycles. The summed E-state index contributed by atoms with van der Waals surface area (Å²) in [6.07, 6.45) is 0. The van der Waals surface area contributed by atoms with Crippen LogP contribution in [0.25, 0.3) is 0 Å². The first-order valence-electron chi connectivity index (χ1n) is 8.53. The van der Waals surface area contributed by atoms with Crippen LogP contribution in [0, 0.1) is 20.2 Å². The Morgan fingerprint density at radius 3 is 1.71 bits per heavy atom. The van der Waals surface area contributed by atoms with Gasteiger partial charge >= 0.3 is 0 Å². The molecule has 0 fully saturated rings. The minimum Gasteiger partial charge on any atom is -0.412 e. The molecule has 4 rings (SSSR count). The van der Waals surface area contributed by atoms with Crippen LogP contribution in [-0.2, 0) is 0 Å². The zero-order valence-electron chi connectivity index (χ0n) is 15.8. The molecule has 3 aromatic rings. The Bertz CT molecular complexity index is 1090. The van der Waals surface area contributed by atoms with Crippen molar-refractivity contribution in [2.24, 2.45) is 5.10 Å². The Hall–Kier alpha value is -4.22. The molecule has 0 saturated heterocycles. The molecule has 3 N–H and O–H groups in total. The van der Waals surface area contributed by atoms with Gasteiger partial charge < -0.3 is 5.48 Å². The predicted molar refractivity (Wildman–Crippen MR) is 118 cm³/mol. The van der Waals surface area contributed by atoms with Crippen molar-refractivity contribution in [3.8, 4) is 0 Å². The van der Waals surface area contributed by atoms with Crippen molar-refractivity contribution in [2.45, 2.75) is 0 Å². The zero-order valence-corrected chi connectivity index (χ0v) is 16.6. The quantitative estimate of drug-likeness (QED) is 0.469. The van der Waals surface area contributed by atoms with Crippen LogP contribution in [0.1, 0.15) is 5.56 Å². The number of rotatable bonds is 5. The number of hydrogen-bond acceptors (Lipinski definition) is 8. The maximum absolute atomic E-state index is 10.9. The molecule has 0 bridgehead atoms. The number of amidine groups is 1. The average Bonchev–Trinajstić information content (AvgIpc) is 3.20. The van der Waals surface area contributed by atoms with E-state index < -0.39 is 9.85 Å². The first-order valence-corrected chi connectivity index (χ1v) is 8.53. The molecule has 0 aromatic heterocycles. The molecule has 0 amide bonds. The normalized spacial score (nSPS) is 12.2. The molecule has 0 radical (unpaired) electrons. The summed E-state index contributed by atoms with van der Waals surface area (Å²) in [5.74, 6) is 0.558. The lowest BCUT2D eigenvalue weighted by molar-refractivity contribution is -0.385. The van der Waals surface area contributed by atoms with Crippen molar-refractivity contribution in [3.05, 3.63) is 105 Å². The molecule has 11 nitrogen and oxygen atoms in total. The number of nitro benzene ring substituents is 2. The third-order valence-corrected chi connectivity index (χ3v) is 4.24. The van der Waals surface area contributed by atoms with Crippen LogP contribution in [0.4, 0.5) is 22.7 Å². The van der Waals surface area contributed by atoms with Gasteiger partial charge in [-0.2, -0.15) is 10.2 Å². The van der Waals surface area contributed by atoms with E-state index in [0.29, 0.717) is 17.2 Å². The number of anilines is 2. The van der Waals surface area contributed by atoms with Gasteiger partial charge in [0, 0.05) is 29.8 Å². The Morgan fingerprint density at radius 2 is 1.23 bits per heavy atom. The third-order valence-electron chi connectivity index (χ3n) is 4.24. The van der Waals surface area contributed by atoms with Gasteiger partial charge in [0.2, 0.25) is 0 Å². The number of hydrogen-bond donors (Lipinski definition) is 1. The van der Waals surface area contributed by atoms with Crippen molar-refractivity contribution in [1.82, 2.24) is 5.43 Å². The fourth-order valence-electron chi connectivity index (χ4n) is 2.80. The molecule has 31 heavy (non-hydrogen) atoms. The smallest absolute Gasteiger partial charge is 0.269 e. The Balaban J connectivity index is 0.00000171.